The smallest absolute Gasteiger partial charge is 0.255 e. The van der Waals surface area contributed by atoms with E-state index in [1.165, 1.54) is 0 Å². The Kier molecular flexibility index (Phi) is 7.28. The van der Waals surface area contributed by atoms with E-state index in [4.69, 9.17) is 9.47 Å². The van der Waals surface area contributed by atoms with Gasteiger partial charge in [0.1, 0.15) is 0 Å². The number of amides is 1. The molecule has 0 aliphatic heterocycles. The second-order valence-corrected chi connectivity index (χ2v) is 7.55. The van der Waals surface area contributed by atoms with Crippen LogP contribution in [0.1, 0.15) is 63.4 Å². The number of benzene rings is 2. The highest BCUT2D eigenvalue weighted by Gasteiger charge is 2.19. The van der Waals surface area contributed by atoms with E-state index in [1.807, 2.05) is 37.3 Å². The fraction of sp³-hybridized carbons (Fsp3) is 0.435. The van der Waals surface area contributed by atoms with Gasteiger partial charge in [-0.05, 0) is 48.6 Å². The zero-order valence-electron chi connectivity index (χ0n) is 17.1. The molecule has 27 heavy (non-hydrogen) atoms. The van der Waals surface area contributed by atoms with Gasteiger partial charge >= 0.3 is 0 Å². The Hall–Kier alpha value is -2.49. The number of rotatable bonds is 8. The van der Waals surface area contributed by atoms with Gasteiger partial charge in [-0.2, -0.15) is 0 Å². The minimum absolute atomic E-state index is 0.0582. The number of anilines is 1. The van der Waals surface area contributed by atoms with Crippen LogP contribution in [0.15, 0.2) is 42.5 Å². The molecule has 0 aliphatic rings. The molecule has 0 fully saturated rings. The Bertz CT molecular complexity index is 762. The number of hydrogen-bond donors (Lipinski definition) is 1. The van der Waals surface area contributed by atoms with Crippen LogP contribution in [0.5, 0.6) is 11.5 Å². The van der Waals surface area contributed by atoms with Crippen molar-refractivity contribution in [3.05, 3.63) is 53.6 Å². The molecule has 1 N–H and O–H groups in total. The van der Waals surface area contributed by atoms with Crippen molar-refractivity contribution in [2.75, 3.05) is 18.5 Å². The van der Waals surface area contributed by atoms with Gasteiger partial charge in [0.2, 0.25) is 0 Å². The molecule has 0 radical (unpaired) electrons. The highest BCUT2D eigenvalue weighted by Crippen LogP contribution is 2.31. The maximum atomic E-state index is 12.8. The Morgan fingerprint density at radius 1 is 1.00 bits per heavy atom. The average molecular weight is 370 g/mol. The maximum absolute atomic E-state index is 12.8. The SMILES string of the molecule is CCCCOc1ccc(C(=O)Nc2ccccc2C(C)(C)C)cc1OCC. The summed E-state index contributed by atoms with van der Waals surface area (Å²) < 4.78 is 11.5. The predicted octanol–water partition coefficient (Wildman–Crippen LogP) is 5.81. The average Bonchev–Trinajstić information content (AvgIpc) is 2.63. The van der Waals surface area contributed by atoms with Crippen molar-refractivity contribution in [1.29, 1.82) is 0 Å². The van der Waals surface area contributed by atoms with E-state index >= 15 is 0 Å². The first-order valence-electron chi connectivity index (χ1n) is 9.67. The summed E-state index contributed by atoms with van der Waals surface area (Å²) in [7, 11) is 0. The molecular weight excluding hydrogens is 338 g/mol. The highest BCUT2D eigenvalue weighted by molar-refractivity contribution is 6.05. The number of ether oxygens (including phenoxy) is 2. The summed E-state index contributed by atoms with van der Waals surface area (Å²) in [5, 5.41) is 3.04. The molecule has 0 saturated heterocycles. The van der Waals surface area contributed by atoms with Crippen molar-refractivity contribution < 1.29 is 14.3 Å². The summed E-state index contributed by atoms with van der Waals surface area (Å²) in [6.45, 7) is 11.6. The molecule has 4 heteroatoms. The summed E-state index contributed by atoms with van der Waals surface area (Å²) >= 11 is 0. The highest BCUT2D eigenvalue weighted by atomic mass is 16.5. The molecule has 146 valence electrons. The molecule has 0 bridgehead atoms. The summed E-state index contributed by atoms with van der Waals surface area (Å²) in [4.78, 5) is 12.8. The molecule has 0 heterocycles. The van der Waals surface area contributed by atoms with Crippen LogP contribution in [0, 0.1) is 0 Å². The second-order valence-electron chi connectivity index (χ2n) is 7.55. The van der Waals surface area contributed by atoms with E-state index in [0.29, 0.717) is 30.3 Å². The molecule has 0 unspecified atom stereocenters. The monoisotopic (exact) mass is 369 g/mol. The van der Waals surface area contributed by atoms with Gasteiger partial charge in [-0.1, -0.05) is 52.3 Å². The third-order valence-electron chi connectivity index (χ3n) is 4.24. The van der Waals surface area contributed by atoms with E-state index in [9.17, 15) is 4.79 Å². The fourth-order valence-electron chi connectivity index (χ4n) is 2.80. The predicted molar refractivity (Wildman–Crippen MR) is 111 cm³/mol. The number of unbranched alkanes of at least 4 members (excludes halogenated alkanes) is 1. The van der Waals surface area contributed by atoms with Crippen LogP contribution in [0.4, 0.5) is 5.69 Å². The number of hydrogen-bond acceptors (Lipinski definition) is 3. The van der Waals surface area contributed by atoms with Crippen molar-refractivity contribution in [3.63, 3.8) is 0 Å². The molecule has 4 nitrogen and oxygen atoms in total. The number of carbonyl (C=O) groups is 1. The Balaban J connectivity index is 2.23. The molecule has 2 aromatic carbocycles. The van der Waals surface area contributed by atoms with Crippen LogP contribution in [-0.2, 0) is 5.41 Å². The summed E-state index contributed by atoms with van der Waals surface area (Å²) in [5.41, 5.74) is 2.42. The summed E-state index contributed by atoms with van der Waals surface area (Å²) in [6.07, 6.45) is 2.05. The first-order valence-corrected chi connectivity index (χ1v) is 9.67. The number of para-hydroxylation sites is 1. The molecule has 1 amide bonds. The lowest BCUT2D eigenvalue weighted by Crippen LogP contribution is -2.18. The molecular formula is C23H31NO3. The topological polar surface area (TPSA) is 47.6 Å². The number of carbonyl (C=O) groups excluding carboxylic acids is 1. The maximum Gasteiger partial charge on any atom is 0.255 e. The Morgan fingerprint density at radius 3 is 2.41 bits per heavy atom. The summed E-state index contributed by atoms with van der Waals surface area (Å²) in [6, 6.07) is 13.2. The zero-order valence-corrected chi connectivity index (χ0v) is 17.1. The lowest BCUT2D eigenvalue weighted by atomic mass is 9.86. The second kappa shape index (κ2) is 9.45. The lowest BCUT2D eigenvalue weighted by molar-refractivity contribution is 0.102. The first-order chi connectivity index (χ1) is 12.9. The van der Waals surface area contributed by atoms with Crippen molar-refractivity contribution in [3.8, 4) is 11.5 Å². The van der Waals surface area contributed by atoms with Crippen LogP contribution in [0.2, 0.25) is 0 Å². The minimum Gasteiger partial charge on any atom is -0.490 e. The van der Waals surface area contributed by atoms with Gasteiger partial charge in [-0.25, -0.2) is 0 Å². The van der Waals surface area contributed by atoms with Crippen molar-refractivity contribution in [1.82, 2.24) is 0 Å². The van der Waals surface area contributed by atoms with Crippen LogP contribution in [-0.4, -0.2) is 19.1 Å². The van der Waals surface area contributed by atoms with Gasteiger partial charge in [0.15, 0.2) is 11.5 Å². The van der Waals surface area contributed by atoms with Gasteiger partial charge < -0.3 is 14.8 Å². The quantitative estimate of drug-likeness (QED) is 0.597. The lowest BCUT2D eigenvalue weighted by Gasteiger charge is -2.23. The Labute approximate surface area is 162 Å². The molecule has 0 aromatic heterocycles. The Morgan fingerprint density at radius 2 is 1.74 bits per heavy atom. The van der Waals surface area contributed by atoms with Gasteiger partial charge in [-0.15, -0.1) is 0 Å². The molecule has 0 aliphatic carbocycles. The largest absolute Gasteiger partial charge is 0.490 e. The zero-order chi connectivity index (χ0) is 19.9. The molecule has 0 saturated carbocycles. The normalized spacial score (nSPS) is 11.1. The van der Waals surface area contributed by atoms with E-state index in [2.05, 4.69) is 33.0 Å². The van der Waals surface area contributed by atoms with E-state index < -0.39 is 0 Å². The van der Waals surface area contributed by atoms with E-state index in [-0.39, 0.29) is 11.3 Å². The van der Waals surface area contributed by atoms with Gasteiger partial charge in [-0.3, -0.25) is 4.79 Å². The molecule has 2 aromatic rings. The van der Waals surface area contributed by atoms with Gasteiger partial charge in [0.05, 0.1) is 13.2 Å². The van der Waals surface area contributed by atoms with Crippen LogP contribution < -0.4 is 14.8 Å². The van der Waals surface area contributed by atoms with Crippen molar-refractivity contribution >= 4 is 11.6 Å². The third-order valence-corrected chi connectivity index (χ3v) is 4.24. The van der Waals surface area contributed by atoms with E-state index in [1.54, 1.807) is 12.1 Å². The van der Waals surface area contributed by atoms with Crippen LogP contribution in [0.25, 0.3) is 0 Å². The van der Waals surface area contributed by atoms with Crippen molar-refractivity contribution in [2.45, 2.75) is 52.9 Å². The third kappa shape index (κ3) is 5.75. The minimum atomic E-state index is -0.159. The fourth-order valence-corrected chi connectivity index (χ4v) is 2.80. The molecule has 0 spiro atoms. The van der Waals surface area contributed by atoms with Crippen molar-refractivity contribution in [2.24, 2.45) is 0 Å². The standard InChI is InChI=1S/C23H31NO3/c1-6-8-15-27-20-14-13-17(16-21(20)26-7-2)22(25)24-19-12-10-9-11-18(19)23(3,4)5/h9-14,16H,6-8,15H2,1-5H3,(H,24,25). The summed E-state index contributed by atoms with van der Waals surface area (Å²) in [5.74, 6) is 1.12. The molecule has 2 rings (SSSR count). The number of nitrogens with one attached hydrogen (secondary N) is 1. The first kappa shape index (κ1) is 20.8. The van der Waals surface area contributed by atoms with Crippen LogP contribution in [0.3, 0.4) is 0 Å². The van der Waals surface area contributed by atoms with Gasteiger partial charge in [0.25, 0.3) is 5.91 Å². The van der Waals surface area contributed by atoms with Crippen LogP contribution >= 0.6 is 0 Å². The van der Waals surface area contributed by atoms with Gasteiger partial charge in [0, 0.05) is 11.3 Å². The van der Waals surface area contributed by atoms with E-state index in [0.717, 1.165) is 24.1 Å². The molecule has 0 atom stereocenters.